The van der Waals surface area contributed by atoms with Gasteiger partial charge in [0.1, 0.15) is 23.9 Å². The minimum absolute atomic E-state index is 0.161. The maximum absolute atomic E-state index is 13.3. The van der Waals surface area contributed by atoms with Crippen molar-refractivity contribution in [2.75, 3.05) is 26.2 Å². The zero-order valence-corrected chi connectivity index (χ0v) is 19.8. The Bertz CT molecular complexity index is 1160. The van der Waals surface area contributed by atoms with Gasteiger partial charge in [0, 0.05) is 37.7 Å². The molecule has 3 aromatic rings. The monoisotopic (exact) mass is 471 g/mol. The topological polar surface area (TPSA) is 58.8 Å². The van der Waals surface area contributed by atoms with E-state index < -0.39 is 0 Å². The van der Waals surface area contributed by atoms with Crippen molar-refractivity contribution in [2.45, 2.75) is 33.9 Å². The Morgan fingerprint density at radius 2 is 1.91 bits per heavy atom. The van der Waals surface area contributed by atoms with Crippen LogP contribution in [-0.2, 0) is 13.2 Å². The zero-order valence-electron chi connectivity index (χ0n) is 19.0. The summed E-state index contributed by atoms with van der Waals surface area (Å²) in [5.41, 5.74) is 4.05. The average molecular weight is 472 g/mol. The first-order valence-electron chi connectivity index (χ1n) is 10.9. The fraction of sp³-hybridized carbons (Fsp3) is 0.360. The minimum atomic E-state index is -0.348. The van der Waals surface area contributed by atoms with Gasteiger partial charge in [-0.05, 0) is 55.7 Å². The molecule has 1 saturated heterocycles. The van der Waals surface area contributed by atoms with Crippen LogP contribution in [0.25, 0.3) is 0 Å². The first-order valence-corrected chi connectivity index (χ1v) is 11.3. The van der Waals surface area contributed by atoms with Crippen LogP contribution in [0.15, 0.2) is 40.9 Å². The summed E-state index contributed by atoms with van der Waals surface area (Å²) in [7, 11) is 0. The number of piperazine rings is 1. The SMILES string of the molecule is Cc1cccc(OCc2c(C(=O)N3CCN(Cc4ccc(F)cc4Cl)CC3)noc2C)c1C. The third-order valence-corrected chi connectivity index (χ3v) is 6.53. The highest BCUT2D eigenvalue weighted by Crippen LogP contribution is 2.25. The van der Waals surface area contributed by atoms with Gasteiger partial charge in [-0.25, -0.2) is 4.39 Å². The van der Waals surface area contributed by atoms with Crippen molar-refractivity contribution in [3.05, 3.63) is 80.9 Å². The second-order valence-corrected chi connectivity index (χ2v) is 8.76. The molecule has 33 heavy (non-hydrogen) atoms. The van der Waals surface area contributed by atoms with Gasteiger partial charge in [-0.15, -0.1) is 0 Å². The van der Waals surface area contributed by atoms with E-state index in [4.69, 9.17) is 20.9 Å². The van der Waals surface area contributed by atoms with Crippen molar-refractivity contribution in [2.24, 2.45) is 0 Å². The Labute approximate surface area is 197 Å². The predicted molar refractivity (Wildman–Crippen MR) is 124 cm³/mol. The molecule has 1 amide bonds. The number of aryl methyl sites for hydroxylation is 2. The van der Waals surface area contributed by atoms with Gasteiger partial charge in [-0.3, -0.25) is 9.69 Å². The van der Waals surface area contributed by atoms with Crippen molar-refractivity contribution in [3.8, 4) is 5.75 Å². The molecule has 2 aromatic carbocycles. The molecule has 4 rings (SSSR count). The molecule has 0 aliphatic carbocycles. The third kappa shape index (κ3) is 5.20. The minimum Gasteiger partial charge on any atom is -0.488 e. The second kappa shape index (κ2) is 9.93. The molecule has 0 bridgehead atoms. The molecule has 1 aliphatic heterocycles. The molecule has 0 spiro atoms. The largest absolute Gasteiger partial charge is 0.488 e. The van der Waals surface area contributed by atoms with Crippen molar-refractivity contribution < 1.29 is 18.4 Å². The van der Waals surface area contributed by atoms with Crippen LogP contribution < -0.4 is 4.74 Å². The maximum atomic E-state index is 13.3. The van der Waals surface area contributed by atoms with E-state index in [0.29, 0.717) is 54.8 Å². The van der Waals surface area contributed by atoms with Crippen LogP contribution in [0.3, 0.4) is 0 Å². The second-order valence-electron chi connectivity index (χ2n) is 8.36. The van der Waals surface area contributed by atoms with E-state index in [2.05, 4.69) is 10.1 Å². The van der Waals surface area contributed by atoms with Crippen molar-refractivity contribution in [1.82, 2.24) is 15.0 Å². The van der Waals surface area contributed by atoms with Crippen LogP contribution in [-0.4, -0.2) is 47.0 Å². The van der Waals surface area contributed by atoms with Gasteiger partial charge in [0.15, 0.2) is 5.69 Å². The van der Waals surface area contributed by atoms with Crippen LogP contribution in [0.4, 0.5) is 4.39 Å². The van der Waals surface area contributed by atoms with E-state index in [0.717, 1.165) is 22.4 Å². The Balaban J connectivity index is 1.38. The van der Waals surface area contributed by atoms with Crippen LogP contribution in [0.2, 0.25) is 5.02 Å². The van der Waals surface area contributed by atoms with E-state index >= 15 is 0 Å². The molecule has 1 fully saturated rings. The summed E-state index contributed by atoms with van der Waals surface area (Å²) in [6.45, 7) is 9.14. The highest BCUT2D eigenvalue weighted by Gasteiger charge is 2.28. The molecule has 1 aromatic heterocycles. The van der Waals surface area contributed by atoms with Crippen molar-refractivity contribution >= 4 is 17.5 Å². The molecule has 2 heterocycles. The summed E-state index contributed by atoms with van der Waals surface area (Å²) >= 11 is 6.16. The van der Waals surface area contributed by atoms with Crippen molar-refractivity contribution in [1.29, 1.82) is 0 Å². The van der Waals surface area contributed by atoms with Gasteiger partial charge >= 0.3 is 0 Å². The number of hydrogen-bond acceptors (Lipinski definition) is 5. The van der Waals surface area contributed by atoms with Crippen LogP contribution in [0.5, 0.6) is 5.75 Å². The third-order valence-electron chi connectivity index (χ3n) is 6.18. The predicted octanol–water partition coefficient (Wildman–Crippen LogP) is 4.93. The van der Waals surface area contributed by atoms with E-state index in [-0.39, 0.29) is 18.3 Å². The number of benzene rings is 2. The standard InChI is InChI=1S/C25H27ClFN3O3/c1-16-5-4-6-23(17(16)2)32-15-21-18(3)33-28-24(21)25(31)30-11-9-29(10-12-30)14-19-7-8-20(27)13-22(19)26/h4-8,13H,9-12,14-15H2,1-3H3. The number of rotatable bonds is 6. The summed E-state index contributed by atoms with van der Waals surface area (Å²) in [6, 6.07) is 10.3. The number of carbonyl (C=O) groups excluding carboxylic acids is 1. The zero-order chi connectivity index (χ0) is 23.5. The molecular weight excluding hydrogens is 445 g/mol. The molecule has 6 nitrogen and oxygen atoms in total. The summed E-state index contributed by atoms with van der Waals surface area (Å²) < 4.78 is 24.6. The highest BCUT2D eigenvalue weighted by atomic mass is 35.5. The highest BCUT2D eigenvalue weighted by molar-refractivity contribution is 6.31. The lowest BCUT2D eigenvalue weighted by atomic mass is 10.1. The first kappa shape index (κ1) is 23.3. The molecular formula is C25H27ClFN3O3. The normalized spacial score (nSPS) is 14.5. The summed E-state index contributed by atoms with van der Waals surface area (Å²) in [6.07, 6.45) is 0. The van der Waals surface area contributed by atoms with Gasteiger partial charge in [-0.2, -0.15) is 0 Å². The van der Waals surface area contributed by atoms with E-state index in [1.165, 1.54) is 12.1 Å². The lowest BCUT2D eigenvalue weighted by Gasteiger charge is -2.34. The molecule has 0 radical (unpaired) electrons. The molecule has 0 unspecified atom stereocenters. The van der Waals surface area contributed by atoms with E-state index in [1.807, 2.05) is 32.0 Å². The van der Waals surface area contributed by atoms with Gasteiger partial charge < -0.3 is 14.2 Å². The number of amides is 1. The van der Waals surface area contributed by atoms with Crippen molar-refractivity contribution in [3.63, 3.8) is 0 Å². The average Bonchev–Trinajstić information content (AvgIpc) is 3.17. The van der Waals surface area contributed by atoms with Crippen LogP contribution >= 0.6 is 11.6 Å². The molecule has 174 valence electrons. The molecule has 0 saturated carbocycles. The van der Waals surface area contributed by atoms with Gasteiger partial charge in [0.05, 0.1) is 5.56 Å². The Morgan fingerprint density at radius 1 is 1.15 bits per heavy atom. The van der Waals surface area contributed by atoms with E-state index in [1.54, 1.807) is 17.9 Å². The number of ether oxygens (including phenoxy) is 1. The van der Waals surface area contributed by atoms with Gasteiger partial charge in [0.25, 0.3) is 5.91 Å². The lowest BCUT2D eigenvalue weighted by molar-refractivity contribution is 0.0616. The summed E-state index contributed by atoms with van der Waals surface area (Å²) in [5.74, 6) is 0.848. The lowest BCUT2D eigenvalue weighted by Crippen LogP contribution is -2.48. The van der Waals surface area contributed by atoms with Gasteiger partial charge in [0.2, 0.25) is 0 Å². The van der Waals surface area contributed by atoms with E-state index in [9.17, 15) is 9.18 Å². The fourth-order valence-electron chi connectivity index (χ4n) is 3.91. The Hall–Kier alpha value is -2.90. The summed E-state index contributed by atoms with van der Waals surface area (Å²) in [5, 5.41) is 4.45. The number of aromatic nitrogens is 1. The smallest absolute Gasteiger partial charge is 0.276 e. The number of carbonyl (C=O) groups is 1. The van der Waals surface area contributed by atoms with Crippen LogP contribution in [0, 0.1) is 26.6 Å². The Morgan fingerprint density at radius 3 is 2.64 bits per heavy atom. The first-order chi connectivity index (χ1) is 15.8. The van der Waals surface area contributed by atoms with Crippen LogP contribution in [0.1, 0.15) is 38.5 Å². The Kier molecular flexibility index (Phi) is 7.00. The number of halogens is 2. The fourth-order valence-corrected chi connectivity index (χ4v) is 4.14. The quantitative estimate of drug-likeness (QED) is 0.510. The molecule has 0 N–H and O–H groups in total. The molecule has 8 heteroatoms. The summed E-state index contributed by atoms with van der Waals surface area (Å²) in [4.78, 5) is 17.2. The van der Waals surface area contributed by atoms with Gasteiger partial charge in [-0.1, -0.05) is 35.0 Å². The maximum Gasteiger partial charge on any atom is 0.276 e. The number of hydrogen-bond donors (Lipinski definition) is 0. The molecule has 0 atom stereocenters. The number of nitrogens with zero attached hydrogens (tertiary/aromatic N) is 3. The molecule has 1 aliphatic rings.